The van der Waals surface area contributed by atoms with E-state index in [1.165, 1.54) is 12.1 Å². The molecule has 0 saturated carbocycles. The molecule has 2 aromatic rings. The summed E-state index contributed by atoms with van der Waals surface area (Å²) < 4.78 is 24.1. The molecule has 1 aliphatic carbocycles. The fraction of sp³-hybridized carbons (Fsp3) is 0.118. The van der Waals surface area contributed by atoms with Crippen LogP contribution in [0.4, 0.5) is 10.1 Å². The number of methoxy groups -OCH3 is 1. The molecular formula is C17H10FN2O2+. The van der Waals surface area contributed by atoms with E-state index in [2.05, 4.69) is 16.2 Å². The Hall–Kier alpha value is -2.82. The molecule has 0 fully saturated rings. The van der Waals surface area contributed by atoms with Gasteiger partial charge in [0.25, 0.3) is 0 Å². The maximum atomic E-state index is 13.7. The second kappa shape index (κ2) is 3.88. The van der Waals surface area contributed by atoms with Crippen molar-refractivity contribution in [1.29, 1.82) is 0 Å². The average molecular weight is 293 g/mol. The predicted octanol–water partition coefficient (Wildman–Crippen LogP) is 2.31. The Morgan fingerprint density at radius 1 is 1.23 bits per heavy atom. The highest BCUT2D eigenvalue weighted by molar-refractivity contribution is 6.30. The van der Waals surface area contributed by atoms with E-state index >= 15 is 0 Å². The van der Waals surface area contributed by atoms with Crippen molar-refractivity contribution in [2.24, 2.45) is 10.2 Å². The van der Waals surface area contributed by atoms with Crippen LogP contribution in [-0.2, 0) is 6.42 Å². The van der Waals surface area contributed by atoms with Crippen LogP contribution in [0.1, 0.15) is 5.56 Å². The maximum absolute atomic E-state index is 13.7. The molecule has 0 N–H and O–H groups in total. The monoisotopic (exact) mass is 293 g/mol. The Morgan fingerprint density at radius 2 is 2.14 bits per heavy atom. The maximum Gasteiger partial charge on any atom is 0.533 e. The molecule has 22 heavy (non-hydrogen) atoms. The third-order valence-corrected chi connectivity index (χ3v) is 4.30. The fourth-order valence-corrected chi connectivity index (χ4v) is 3.15. The van der Waals surface area contributed by atoms with E-state index in [0.29, 0.717) is 11.6 Å². The molecule has 106 valence electrons. The van der Waals surface area contributed by atoms with Crippen LogP contribution in [0.25, 0.3) is 22.9 Å². The van der Waals surface area contributed by atoms with E-state index in [0.717, 1.165) is 44.9 Å². The molecule has 5 heteroatoms. The summed E-state index contributed by atoms with van der Waals surface area (Å²) >= 11 is 0. The highest BCUT2D eigenvalue weighted by atomic mass is 19.1. The lowest BCUT2D eigenvalue weighted by Crippen LogP contribution is -2.26. The van der Waals surface area contributed by atoms with E-state index in [-0.39, 0.29) is 5.82 Å². The SMILES string of the molecule is COc1ccc(F)cc1-c1cc2c(c3c1=CC3)N=C1[O+]=NC=21. The van der Waals surface area contributed by atoms with Crippen molar-refractivity contribution >= 4 is 23.4 Å². The van der Waals surface area contributed by atoms with Gasteiger partial charge in [-0.15, -0.1) is 0 Å². The molecule has 2 aromatic carbocycles. The Bertz CT molecular complexity index is 1050. The second-order valence-corrected chi connectivity index (χ2v) is 5.41. The van der Waals surface area contributed by atoms with Crippen LogP contribution < -0.4 is 15.2 Å². The van der Waals surface area contributed by atoms with Gasteiger partial charge in [-0.25, -0.2) is 4.39 Å². The van der Waals surface area contributed by atoms with Crippen molar-refractivity contribution in [3.63, 3.8) is 0 Å². The van der Waals surface area contributed by atoms with Crippen molar-refractivity contribution in [3.05, 3.63) is 50.6 Å². The second-order valence-electron chi connectivity index (χ2n) is 5.41. The zero-order valence-corrected chi connectivity index (χ0v) is 11.7. The minimum absolute atomic E-state index is 0.286. The van der Waals surface area contributed by atoms with E-state index in [4.69, 9.17) is 9.27 Å². The quantitative estimate of drug-likeness (QED) is 0.784. The lowest BCUT2D eigenvalue weighted by atomic mass is 9.88. The summed E-state index contributed by atoms with van der Waals surface area (Å²) in [6.07, 6.45) is 2.98. The van der Waals surface area contributed by atoms with E-state index in [9.17, 15) is 4.39 Å². The molecule has 0 aromatic heterocycles. The number of fused-ring (bicyclic) bond motifs is 4. The third-order valence-electron chi connectivity index (χ3n) is 4.30. The van der Waals surface area contributed by atoms with Gasteiger partial charge in [0.15, 0.2) is 5.18 Å². The third kappa shape index (κ3) is 1.33. The Kier molecular flexibility index (Phi) is 2.08. The number of hydrogen-bond donors (Lipinski definition) is 0. The van der Waals surface area contributed by atoms with Gasteiger partial charge >= 0.3 is 11.6 Å². The average Bonchev–Trinajstić information content (AvgIpc) is 2.68. The topological polar surface area (TPSA) is 45.2 Å². The van der Waals surface area contributed by atoms with E-state index in [1.807, 2.05) is 6.07 Å². The molecule has 0 unspecified atom stereocenters. The normalized spacial score (nSPS) is 15.9. The largest absolute Gasteiger partial charge is 0.533 e. The summed E-state index contributed by atoms with van der Waals surface area (Å²) in [5.41, 5.74) is 4.56. The molecule has 0 bridgehead atoms. The van der Waals surface area contributed by atoms with Crippen molar-refractivity contribution in [2.45, 2.75) is 6.42 Å². The van der Waals surface area contributed by atoms with Crippen molar-refractivity contribution in [2.75, 3.05) is 7.11 Å². The Morgan fingerprint density at radius 3 is 2.82 bits per heavy atom. The highest BCUT2D eigenvalue weighted by Gasteiger charge is 2.42. The van der Waals surface area contributed by atoms with Gasteiger partial charge in [-0.05, 0) is 51.6 Å². The molecule has 2 aliphatic heterocycles. The molecule has 0 amide bonds. The summed E-state index contributed by atoms with van der Waals surface area (Å²) in [4.78, 5) is 4.46. The van der Waals surface area contributed by atoms with Gasteiger partial charge in [-0.1, -0.05) is 6.08 Å². The molecule has 3 aliphatic rings. The Balaban J connectivity index is 1.87. The summed E-state index contributed by atoms with van der Waals surface area (Å²) in [6, 6.07) is 6.55. The lowest BCUT2D eigenvalue weighted by Gasteiger charge is -2.17. The van der Waals surface area contributed by atoms with Gasteiger partial charge < -0.3 is 4.74 Å². The minimum atomic E-state index is -0.286. The zero-order valence-electron chi connectivity index (χ0n) is 11.7. The smallest absolute Gasteiger partial charge is 0.496 e. The van der Waals surface area contributed by atoms with Gasteiger partial charge in [0.05, 0.1) is 12.8 Å². The van der Waals surface area contributed by atoms with Gasteiger partial charge in [0.2, 0.25) is 0 Å². The number of hydrogen-bond acceptors (Lipinski definition) is 3. The molecule has 4 nitrogen and oxygen atoms in total. The predicted molar refractivity (Wildman–Crippen MR) is 82.1 cm³/mol. The van der Waals surface area contributed by atoms with Gasteiger partial charge in [0, 0.05) is 10.8 Å². The fourth-order valence-electron chi connectivity index (χ4n) is 3.15. The van der Waals surface area contributed by atoms with Crippen LogP contribution in [0.15, 0.2) is 34.4 Å². The number of rotatable bonds is 2. The zero-order chi connectivity index (χ0) is 14.8. The number of nitroso groups, excluding NO2 is 1. The van der Waals surface area contributed by atoms with Crippen molar-refractivity contribution < 1.29 is 9.13 Å². The molecule has 0 spiro atoms. The number of nitrogens with zero attached hydrogens (tertiary/aromatic N) is 2. The van der Waals surface area contributed by atoms with Crippen LogP contribution in [-0.4, -0.2) is 13.0 Å². The molecule has 0 saturated heterocycles. The van der Waals surface area contributed by atoms with Crippen LogP contribution in [0.2, 0.25) is 0 Å². The molecule has 5 rings (SSSR count). The lowest BCUT2D eigenvalue weighted by molar-refractivity contribution is 0.415. The summed E-state index contributed by atoms with van der Waals surface area (Å²) in [7, 11) is 1.59. The van der Waals surface area contributed by atoms with Gasteiger partial charge in [-0.2, -0.15) is 4.99 Å². The molecule has 0 radical (unpaired) electrons. The van der Waals surface area contributed by atoms with Gasteiger partial charge in [0.1, 0.15) is 11.6 Å². The molecule has 0 atom stereocenters. The summed E-state index contributed by atoms with van der Waals surface area (Å²) in [6.45, 7) is 0. The van der Waals surface area contributed by atoms with E-state index < -0.39 is 0 Å². The molecule has 2 heterocycles. The van der Waals surface area contributed by atoms with Crippen LogP contribution in [0, 0.1) is 10.4 Å². The van der Waals surface area contributed by atoms with Crippen LogP contribution in [0.5, 0.6) is 5.75 Å². The summed E-state index contributed by atoms with van der Waals surface area (Å²) in [5, 5.41) is 5.98. The first-order chi connectivity index (χ1) is 10.8. The van der Waals surface area contributed by atoms with Gasteiger partial charge in [-0.3, -0.25) is 0 Å². The standard InChI is InChI=1S/C17H10FN2O2/c1-21-14-5-2-8(18)6-12(14)11-7-13-15(10-4-3-9(10)11)19-17-16(13)20-22-17/h2-3,5-7H,4H2,1H3/q+1. The first-order valence-corrected chi connectivity index (χ1v) is 6.97. The first-order valence-electron chi connectivity index (χ1n) is 6.97. The number of halogens is 1. The first kappa shape index (κ1) is 11.8. The number of benzene rings is 2. The minimum Gasteiger partial charge on any atom is -0.496 e. The number of ether oxygens (including phenoxy) is 1. The van der Waals surface area contributed by atoms with Crippen LogP contribution >= 0.6 is 0 Å². The van der Waals surface area contributed by atoms with Crippen molar-refractivity contribution in [3.8, 4) is 16.9 Å². The molecular weight excluding hydrogens is 283 g/mol. The van der Waals surface area contributed by atoms with Crippen LogP contribution in [0.3, 0.4) is 0 Å². The summed E-state index contributed by atoms with van der Waals surface area (Å²) in [5.74, 6) is 0.938. The number of aliphatic imine (C=N–C) groups is 1. The highest BCUT2D eigenvalue weighted by Crippen LogP contribution is 2.34. The van der Waals surface area contributed by atoms with E-state index in [1.54, 1.807) is 13.2 Å². The Labute approximate surface area is 124 Å². The van der Waals surface area contributed by atoms with Crippen molar-refractivity contribution in [1.82, 2.24) is 0 Å².